The molecule has 1 aromatic carbocycles. The summed E-state index contributed by atoms with van der Waals surface area (Å²) < 4.78 is 16.9. The predicted octanol–water partition coefficient (Wildman–Crippen LogP) is 1.13. The van der Waals surface area contributed by atoms with Crippen molar-refractivity contribution in [2.75, 3.05) is 64.0 Å². The first-order valence-corrected chi connectivity index (χ1v) is 11.0. The number of piperazine rings is 1. The lowest BCUT2D eigenvalue weighted by Gasteiger charge is -2.36. The van der Waals surface area contributed by atoms with Gasteiger partial charge in [0.1, 0.15) is 13.2 Å². The summed E-state index contributed by atoms with van der Waals surface area (Å²) in [4.78, 5) is 31.7. The van der Waals surface area contributed by atoms with Gasteiger partial charge in [-0.25, -0.2) is 0 Å². The van der Waals surface area contributed by atoms with E-state index in [4.69, 9.17) is 14.2 Å². The maximum atomic E-state index is 13.1. The molecular weight excluding hydrogens is 386 g/mol. The number of hydrogen-bond acceptors (Lipinski definition) is 6. The van der Waals surface area contributed by atoms with Gasteiger partial charge in [0.2, 0.25) is 11.8 Å². The summed E-state index contributed by atoms with van der Waals surface area (Å²) in [6.45, 7) is 6.49. The molecule has 0 N–H and O–H groups in total. The summed E-state index contributed by atoms with van der Waals surface area (Å²) in [5.41, 5.74) is 0.765. The molecule has 8 heteroatoms. The highest BCUT2D eigenvalue weighted by Gasteiger charge is 2.38. The minimum absolute atomic E-state index is 0.0120. The fraction of sp³-hybridized carbons (Fsp3) is 0.636. The van der Waals surface area contributed by atoms with E-state index in [0.29, 0.717) is 37.4 Å². The second-order valence-corrected chi connectivity index (χ2v) is 8.49. The molecule has 2 amide bonds. The number of nitrogens with zero attached hydrogens (tertiary/aromatic N) is 3. The number of ether oxygens (including phenoxy) is 3. The van der Waals surface area contributed by atoms with E-state index >= 15 is 0 Å². The number of anilines is 1. The smallest absolute Gasteiger partial charge is 0.228 e. The summed E-state index contributed by atoms with van der Waals surface area (Å²) in [5.74, 6) is 1.16. The van der Waals surface area contributed by atoms with Crippen molar-refractivity contribution in [3.8, 4) is 11.5 Å². The Morgan fingerprint density at radius 3 is 2.60 bits per heavy atom. The Hall–Kier alpha value is -2.32. The van der Waals surface area contributed by atoms with Crippen LogP contribution in [0.25, 0.3) is 0 Å². The lowest BCUT2D eigenvalue weighted by Crippen LogP contribution is -2.52. The zero-order valence-corrected chi connectivity index (χ0v) is 17.3. The molecule has 4 aliphatic heterocycles. The molecule has 30 heavy (non-hydrogen) atoms. The average Bonchev–Trinajstić information content (AvgIpc) is 3.43. The first kappa shape index (κ1) is 19.6. The van der Waals surface area contributed by atoms with Gasteiger partial charge in [-0.05, 0) is 25.0 Å². The van der Waals surface area contributed by atoms with Crippen molar-refractivity contribution in [3.05, 3.63) is 18.2 Å². The Kier molecular flexibility index (Phi) is 5.52. The molecular formula is C22H29N3O5. The van der Waals surface area contributed by atoms with E-state index in [0.717, 1.165) is 57.9 Å². The van der Waals surface area contributed by atoms with Gasteiger partial charge in [-0.2, -0.15) is 0 Å². The van der Waals surface area contributed by atoms with Gasteiger partial charge in [0.25, 0.3) is 0 Å². The molecule has 5 rings (SSSR count). The van der Waals surface area contributed by atoms with E-state index in [1.165, 1.54) is 0 Å². The molecule has 4 heterocycles. The Labute approximate surface area is 176 Å². The Morgan fingerprint density at radius 2 is 1.83 bits per heavy atom. The fourth-order valence-electron chi connectivity index (χ4n) is 4.81. The zero-order valence-electron chi connectivity index (χ0n) is 17.3. The molecule has 3 saturated heterocycles. The molecule has 1 aromatic rings. The third-order valence-electron chi connectivity index (χ3n) is 6.48. The van der Waals surface area contributed by atoms with Crippen molar-refractivity contribution in [1.82, 2.24) is 9.80 Å². The Morgan fingerprint density at radius 1 is 1.03 bits per heavy atom. The van der Waals surface area contributed by atoms with Crippen LogP contribution in [0.3, 0.4) is 0 Å². The number of rotatable bonds is 4. The van der Waals surface area contributed by atoms with Crippen LogP contribution in [-0.2, 0) is 14.3 Å². The summed E-state index contributed by atoms with van der Waals surface area (Å²) in [7, 11) is 0. The van der Waals surface area contributed by atoms with Crippen LogP contribution in [-0.4, -0.2) is 86.8 Å². The molecule has 4 aliphatic rings. The molecule has 0 aromatic heterocycles. The van der Waals surface area contributed by atoms with Crippen LogP contribution in [0, 0.1) is 5.92 Å². The summed E-state index contributed by atoms with van der Waals surface area (Å²) in [6, 6.07) is 5.53. The number of carbonyl (C=O) groups excluding carboxylic acids is 2. The van der Waals surface area contributed by atoms with Gasteiger partial charge >= 0.3 is 0 Å². The quantitative estimate of drug-likeness (QED) is 0.734. The highest BCUT2D eigenvalue weighted by molar-refractivity contribution is 6.00. The lowest BCUT2D eigenvalue weighted by molar-refractivity contribution is -0.137. The molecule has 0 unspecified atom stereocenters. The van der Waals surface area contributed by atoms with Gasteiger partial charge < -0.3 is 24.0 Å². The van der Waals surface area contributed by atoms with Crippen LogP contribution >= 0.6 is 0 Å². The molecule has 2 atom stereocenters. The summed E-state index contributed by atoms with van der Waals surface area (Å²) in [6.07, 6.45) is 2.90. The average molecular weight is 415 g/mol. The standard InChI is InChI=1S/C22H29N3O5/c26-21-12-16(14-25(21)17-3-4-19-20(13-17)30-11-10-29-19)22(27)24-7-5-23(6-8-24)15-18-2-1-9-28-18/h3-4,13,16,18H,1-2,5-12,14-15H2/t16-,18-/m0/s1. The van der Waals surface area contributed by atoms with Crippen LogP contribution in [0.1, 0.15) is 19.3 Å². The van der Waals surface area contributed by atoms with Gasteiger partial charge in [0, 0.05) is 64.0 Å². The maximum Gasteiger partial charge on any atom is 0.228 e. The molecule has 0 aliphatic carbocycles. The van der Waals surface area contributed by atoms with Crippen LogP contribution in [0.4, 0.5) is 5.69 Å². The Balaban J connectivity index is 1.17. The van der Waals surface area contributed by atoms with Gasteiger partial charge in [0.15, 0.2) is 11.5 Å². The summed E-state index contributed by atoms with van der Waals surface area (Å²) >= 11 is 0. The van der Waals surface area contributed by atoms with Crippen LogP contribution in [0.15, 0.2) is 18.2 Å². The lowest BCUT2D eigenvalue weighted by atomic mass is 10.1. The third-order valence-corrected chi connectivity index (χ3v) is 6.48. The largest absolute Gasteiger partial charge is 0.486 e. The van der Waals surface area contributed by atoms with E-state index in [-0.39, 0.29) is 24.2 Å². The topological polar surface area (TPSA) is 71.6 Å². The van der Waals surface area contributed by atoms with Crippen molar-refractivity contribution < 1.29 is 23.8 Å². The maximum absolute atomic E-state index is 13.1. The van der Waals surface area contributed by atoms with Gasteiger partial charge in [-0.1, -0.05) is 0 Å². The van der Waals surface area contributed by atoms with E-state index in [1.807, 2.05) is 23.1 Å². The van der Waals surface area contributed by atoms with Crippen LogP contribution < -0.4 is 14.4 Å². The first-order valence-electron chi connectivity index (χ1n) is 11.0. The minimum Gasteiger partial charge on any atom is -0.486 e. The zero-order chi connectivity index (χ0) is 20.5. The molecule has 8 nitrogen and oxygen atoms in total. The minimum atomic E-state index is -0.282. The number of hydrogen-bond donors (Lipinski definition) is 0. The molecule has 162 valence electrons. The fourth-order valence-corrected chi connectivity index (χ4v) is 4.81. The van der Waals surface area contributed by atoms with Crippen molar-refractivity contribution in [3.63, 3.8) is 0 Å². The number of fused-ring (bicyclic) bond motifs is 1. The Bertz CT molecular complexity index is 802. The number of benzene rings is 1. The van der Waals surface area contributed by atoms with E-state index in [2.05, 4.69) is 4.90 Å². The normalized spacial score (nSPS) is 27.0. The number of carbonyl (C=O) groups is 2. The second kappa shape index (κ2) is 8.43. The van der Waals surface area contributed by atoms with Crippen molar-refractivity contribution in [1.29, 1.82) is 0 Å². The van der Waals surface area contributed by atoms with E-state index < -0.39 is 0 Å². The summed E-state index contributed by atoms with van der Waals surface area (Å²) in [5, 5.41) is 0. The van der Waals surface area contributed by atoms with Crippen molar-refractivity contribution in [2.45, 2.75) is 25.4 Å². The molecule has 0 radical (unpaired) electrons. The monoisotopic (exact) mass is 415 g/mol. The van der Waals surface area contributed by atoms with Crippen molar-refractivity contribution in [2.24, 2.45) is 5.92 Å². The molecule has 0 spiro atoms. The van der Waals surface area contributed by atoms with E-state index in [9.17, 15) is 9.59 Å². The second-order valence-electron chi connectivity index (χ2n) is 8.49. The SMILES string of the molecule is O=C([C@H]1CC(=O)N(c2ccc3c(c2)OCCO3)C1)N1CCN(C[C@@H]2CCCO2)CC1. The first-order chi connectivity index (χ1) is 14.7. The van der Waals surface area contributed by atoms with Crippen LogP contribution in [0.5, 0.6) is 11.5 Å². The van der Waals surface area contributed by atoms with E-state index in [1.54, 1.807) is 4.90 Å². The number of amides is 2. The molecule has 0 bridgehead atoms. The highest BCUT2D eigenvalue weighted by atomic mass is 16.6. The van der Waals surface area contributed by atoms with Gasteiger partial charge in [-0.3, -0.25) is 14.5 Å². The predicted molar refractivity (Wildman–Crippen MR) is 110 cm³/mol. The molecule has 3 fully saturated rings. The highest BCUT2D eigenvalue weighted by Crippen LogP contribution is 2.36. The van der Waals surface area contributed by atoms with Gasteiger partial charge in [0.05, 0.1) is 12.0 Å². The third kappa shape index (κ3) is 3.98. The van der Waals surface area contributed by atoms with Crippen molar-refractivity contribution >= 4 is 17.5 Å². The van der Waals surface area contributed by atoms with Gasteiger partial charge in [-0.15, -0.1) is 0 Å². The molecule has 0 saturated carbocycles. The van der Waals surface area contributed by atoms with Crippen LogP contribution in [0.2, 0.25) is 0 Å².